The molecule has 0 radical (unpaired) electrons. The van der Waals surface area contributed by atoms with Crippen molar-refractivity contribution in [1.82, 2.24) is 4.98 Å². The number of halogens is 2. The highest BCUT2D eigenvalue weighted by Crippen LogP contribution is 2.17. The van der Waals surface area contributed by atoms with Gasteiger partial charge in [-0.1, -0.05) is 27.5 Å². The number of hydrogen-bond acceptors (Lipinski definition) is 1. The molecular formula is C6H5BrClN. The predicted octanol–water partition coefficient (Wildman–Crippen LogP) is 2.81. The van der Waals surface area contributed by atoms with Gasteiger partial charge < -0.3 is 0 Å². The molecule has 0 spiro atoms. The topological polar surface area (TPSA) is 12.9 Å². The Kier molecular flexibility index (Phi) is 2.09. The van der Waals surface area contributed by atoms with Crippen molar-refractivity contribution < 1.29 is 0 Å². The minimum Gasteiger partial charge on any atom is -0.244 e. The van der Waals surface area contributed by atoms with Crippen molar-refractivity contribution in [2.45, 2.75) is 6.92 Å². The van der Waals surface area contributed by atoms with E-state index in [2.05, 4.69) is 20.9 Å². The number of rotatable bonds is 0. The summed E-state index contributed by atoms with van der Waals surface area (Å²) in [5.74, 6) is 0. The number of nitrogens with zero attached hydrogens (tertiary/aromatic N) is 1. The van der Waals surface area contributed by atoms with Crippen LogP contribution in [-0.2, 0) is 0 Å². The Bertz CT molecular complexity index is 224. The quantitative estimate of drug-likeness (QED) is 0.595. The van der Waals surface area contributed by atoms with Gasteiger partial charge in [-0.25, -0.2) is 4.98 Å². The van der Waals surface area contributed by atoms with E-state index in [9.17, 15) is 0 Å². The van der Waals surface area contributed by atoms with E-state index in [1.165, 1.54) is 0 Å². The second kappa shape index (κ2) is 2.67. The van der Waals surface area contributed by atoms with E-state index in [-0.39, 0.29) is 0 Å². The number of pyridine rings is 1. The zero-order valence-electron chi connectivity index (χ0n) is 4.86. The molecule has 0 bridgehead atoms. The fourth-order valence-corrected chi connectivity index (χ4v) is 1.08. The molecule has 3 heteroatoms. The van der Waals surface area contributed by atoms with Crippen LogP contribution in [-0.4, -0.2) is 4.98 Å². The van der Waals surface area contributed by atoms with Gasteiger partial charge >= 0.3 is 0 Å². The van der Waals surface area contributed by atoms with Crippen LogP contribution in [0.2, 0.25) is 5.15 Å². The van der Waals surface area contributed by atoms with Gasteiger partial charge in [-0.3, -0.25) is 0 Å². The van der Waals surface area contributed by atoms with Crippen LogP contribution in [0.25, 0.3) is 0 Å². The van der Waals surface area contributed by atoms with Crippen molar-refractivity contribution >= 4 is 27.5 Å². The summed E-state index contributed by atoms with van der Waals surface area (Å²) in [6.45, 7) is 1.97. The number of aryl methyl sites for hydroxylation is 1. The maximum atomic E-state index is 5.58. The Hall–Kier alpha value is -0.0800. The van der Waals surface area contributed by atoms with Gasteiger partial charge in [0.05, 0.1) is 0 Å². The van der Waals surface area contributed by atoms with Gasteiger partial charge in [0.15, 0.2) is 0 Å². The summed E-state index contributed by atoms with van der Waals surface area (Å²) in [5.41, 5.74) is 1.10. The highest BCUT2D eigenvalue weighted by atomic mass is 79.9. The van der Waals surface area contributed by atoms with Crippen LogP contribution in [0.15, 0.2) is 16.7 Å². The Morgan fingerprint density at radius 2 is 2.33 bits per heavy atom. The lowest BCUT2D eigenvalue weighted by Gasteiger charge is -1.94. The molecule has 1 heterocycles. The van der Waals surface area contributed by atoms with Crippen molar-refractivity contribution in [1.29, 1.82) is 0 Å². The Labute approximate surface area is 67.2 Å². The molecule has 0 fully saturated rings. The van der Waals surface area contributed by atoms with E-state index >= 15 is 0 Å². The van der Waals surface area contributed by atoms with Crippen LogP contribution in [0.3, 0.4) is 0 Å². The molecule has 1 nitrogen and oxygen atoms in total. The molecule has 1 rings (SSSR count). The lowest BCUT2D eigenvalue weighted by atomic mass is 10.3. The largest absolute Gasteiger partial charge is 0.244 e. The van der Waals surface area contributed by atoms with Gasteiger partial charge in [0, 0.05) is 10.7 Å². The van der Waals surface area contributed by atoms with Crippen molar-refractivity contribution in [2.24, 2.45) is 0 Å². The molecule has 9 heavy (non-hydrogen) atoms. The third-order valence-electron chi connectivity index (χ3n) is 1.00. The Morgan fingerprint density at radius 1 is 1.67 bits per heavy atom. The summed E-state index contributed by atoms with van der Waals surface area (Å²) < 4.78 is 1.00. The zero-order valence-corrected chi connectivity index (χ0v) is 7.20. The molecule has 0 saturated heterocycles. The fraction of sp³-hybridized carbons (Fsp3) is 0.167. The third kappa shape index (κ3) is 1.66. The van der Waals surface area contributed by atoms with E-state index in [1.807, 2.05) is 6.92 Å². The van der Waals surface area contributed by atoms with Gasteiger partial charge in [-0.2, -0.15) is 0 Å². The maximum absolute atomic E-state index is 5.58. The average molecular weight is 206 g/mol. The second-order valence-corrected chi connectivity index (χ2v) is 3.00. The summed E-state index contributed by atoms with van der Waals surface area (Å²) in [7, 11) is 0. The first-order valence-electron chi connectivity index (χ1n) is 2.48. The molecule has 0 aliphatic heterocycles. The molecule has 0 aromatic carbocycles. The van der Waals surface area contributed by atoms with E-state index in [0.29, 0.717) is 5.15 Å². The van der Waals surface area contributed by atoms with Crippen LogP contribution < -0.4 is 0 Å². The fourth-order valence-electron chi connectivity index (χ4n) is 0.476. The molecule has 0 unspecified atom stereocenters. The molecule has 0 N–H and O–H groups in total. The van der Waals surface area contributed by atoms with Gasteiger partial charge in [0.25, 0.3) is 0 Å². The molecule has 0 saturated carbocycles. The molecule has 1 aromatic rings. The minimum atomic E-state index is 0.521. The van der Waals surface area contributed by atoms with Crippen molar-refractivity contribution in [3.63, 3.8) is 0 Å². The SMILES string of the molecule is Cc1cnc(Cl)cc1Br. The average Bonchev–Trinajstić information content (AvgIpc) is 1.80. The summed E-state index contributed by atoms with van der Waals surface area (Å²) in [4.78, 5) is 3.87. The maximum Gasteiger partial charge on any atom is 0.130 e. The first-order valence-corrected chi connectivity index (χ1v) is 3.65. The van der Waals surface area contributed by atoms with Crippen LogP contribution >= 0.6 is 27.5 Å². The van der Waals surface area contributed by atoms with Gasteiger partial charge in [-0.05, 0) is 18.6 Å². The minimum absolute atomic E-state index is 0.521. The van der Waals surface area contributed by atoms with Crippen LogP contribution in [0, 0.1) is 6.92 Å². The standard InChI is InChI=1S/C6H5BrClN/c1-4-3-9-6(8)2-5(4)7/h2-3H,1H3. The molecule has 0 aliphatic carbocycles. The molecule has 0 amide bonds. The summed E-state index contributed by atoms with van der Waals surface area (Å²) in [5, 5.41) is 0.521. The highest BCUT2D eigenvalue weighted by molar-refractivity contribution is 9.10. The summed E-state index contributed by atoms with van der Waals surface area (Å²) in [6, 6.07) is 1.77. The normalized spacial score (nSPS) is 9.67. The van der Waals surface area contributed by atoms with Crippen molar-refractivity contribution in [3.05, 3.63) is 27.5 Å². The Balaban J connectivity index is 3.17. The van der Waals surface area contributed by atoms with Crippen LogP contribution in [0.5, 0.6) is 0 Å². The summed E-state index contributed by atoms with van der Waals surface area (Å²) in [6.07, 6.45) is 1.73. The van der Waals surface area contributed by atoms with Crippen LogP contribution in [0.4, 0.5) is 0 Å². The molecule has 0 aliphatic rings. The lowest BCUT2D eigenvalue weighted by Crippen LogP contribution is -1.78. The molecule has 0 atom stereocenters. The van der Waals surface area contributed by atoms with Gasteiger partial charge in [0.2, 0.25) is 0 Å². The smallest absolute Gasteiger partial charge is 0.130 e. The first-order chi connectivity index (χ1) is 4.20. The van der Waals surface area contributed by atoms with E-state index in [0.717, 1.165) is 10.0 Å². The molecule has 1 aromatic heterocycles. The van der Waals surface area contributed by atoms with Crippen molar-refractivity contribution in [3.8, 4) is 0 Å². The third-order valence-corrected chi connectivity index (χ3v) is 2.07. The summed E-state index contributed by atoms with van der Waals surface area (Å²) >= 11 is 8.90. The highest BCUT2D eigenvalue weighted by Gasteiger charge is 1.93. The number of hydrogen-bond donors (Lipinski definition) is 0. The van der Waals surface area contributed by atoms with Crippen molar-refractivity contribution in [2.75, 3.05) is 0 Å². The lowest BCUT2D eigenvalue weighted by molar-refractivity contribution is 1.25. The van der Waals surface area contributed by atoms with Gasteiger partial charge in [-0.15, -0.1) is 0 Å². The molecular weight excluding hydrogens is 201 g/mol. The van der Waals surface area contributed by atoms with Gasteiger partial charge in [0.1, 0.15) is 5.15 Å². The van der Waals surface area contributed by atoms with E-state index in [1.54, 1.807) is 12.3 Å². The first kappa shape index (κ1) is 7.03. The monoisotopic (exact) mass is 205 g/mol. The van der Waals surface area contributed by atoms with E-state index in [4.69, 9.17) is 11.6 Å². The number of aromatic nitrogens is 1. The van der Waals surface area contributed by atoms with Crippen LogP contribution in [0.1, 0.15) is 5.56 Å². The molecule has 48 valence electrons. The second-order valence-electron chi connectivity index (χ2n) is 1.76. The Morgan fingerprint density at radius 3 is 2.78 bits per heavy atom. The predicted molar refractivity (Wildman–Crippen MR) is 41.7 cm³/mol. The zero-order chi connectivity index (χ0) is 6.85. The van der Waals surface area contributed by atoms with E-state index < -0.39 is 0 Å².